The summed E-state index contributed by atoms with van der Waals surface area (Å²) in [4.78, 5) is 49.7. The Morgan fingerprint density at radius 3 is 2.30 bits per heavy atom. The van der Waals surface area contributed by atoms with Crippen LogP contribution in [0.3, 0.4) is 0 Å². The minimum Gasteiger partial charge on any atom is -0.343 e. The minimum absolute atomic E-state index is 0.0269. The summed E-state index contributed by atoms with van der Waals surface area (Å²) in [5, 5.41) is 0.599. The van der Waals surface area contributed by atoms with Gasteiger partial charge in [0.05, 0.1) is 11.1 Å². The molecule has 2 unspecified atom stereocenters. The minimum atomic E-state index is -4.62. The first kappa shape index (κ1) is 31.3. The smallest absolute Gasteiger partial charge is 0.343 e. The van der Waals surface area contributed by atoms with E-state index in [2.05, 4.69) is 9.88 Å². The molecule has 0 aliphatic carbocycles. The van der Waals surface area contributed by atoms with Crippen molar-refractivity contribution in [3.8, 4) is 0 Å². The number of hydrogen-bond donors (Lipinski definition) is 0. The van der Waals surface area contributed by atoms with Crippen LogP contribution in [0.1, 0.15) is 47.7 Å². The molecule has 5 rings (SSSR count). The summed E-state index contributed by atoms with van der Waals surface area (Å²) < 4.78 is 40.3. The Labute approximate surface area is 254 Å². The van der Waals surface area contributed by atoms with E-state index in [0.29, 0.717) is 50.6 Å². The Kier molecular flexibility index (Phi) is 9.31. The van der Waals surface area contributed by atoms with Gasteiger partial charge in [-0.1, -0.05) is 17.7 Å². The molecule has 0 N–H and O–H groups in total. The maximum atomic E-state index is 13.7. The molecule has 1 aromatic carbocycles. The molecule has 3 amide bonds. The van der Waals surface area contributed by atoms with Crippen LogP contribution in [0.2, 0.25) is 5.02 Å². The number of aryl methyl sites for hydroxylation is 1. The van der Waals surface area contributed by atoms with Crippen LogP contribution in [0, 0.1) is 24.7 Å². The summed E-state index contributed by atoms with van der Waals surface area (Å²) in [7, 11) is 0. The fraction of sp³-hybridized carbons (Fsp3) is 0.548. The maximum absolute atomic E-state index is 13.7. The zero-order valence-corrected chi connectivity index (χ0v) is 25.2. The van der Waals surface area contributed by atoms with E-state index in [1.807, 2.05) is 30.0 Å². The van der Waals surface area contributed by atoms with Crippen molar-refractivity contribution in [2.45, 2.75) is 39.3 Å². The molecule has 12 heteroatoms. The topological polar surface area (TPSA) is 77.1 Å². The fourth-order valence-corrected chi connectivity index (χ4v) is 6.83. The first-order chi connectivity index (χ1) is 20.4. The third-order valence-electron chi connectivity index (χ3n) is 9.08. The molecule has 0 bridgehead atoms. The number of anilines is 1. The van der Waals surface area contributed by atoms with Crippen LogP contribution in [0.15, 0.2) is 36.7 Å². The van der Waals surface area contributed by atoms with E-state index in [1.165, 1.54) is 4.90 Å². The third kappa shape index (κ3) is 6.98. The van der Waals surface area contributed by atoms with Gasteiger partial charge in [0.1, 0.15) is 0 Å². The van der Waals surface area contributed by atoms with Crippen LogP contribution in [0.25, 0.3) is 0 Å². The molecule has 3 saturated heterocycles. The van der Waals surface area contributed by atoms with Crippen molar-refractivity contribution < 1.29 is 27.6 Å². The van der Waals surface area contributed by atoms with Crippen molar-refractivity contribution in [1.29, 1.82) is 0 Å². The highest BCUT2D eigenvalue weighted by Crippen LogP contribution is 2.36. The van der Waals surface area contributed by atoms with Crippen LogP contribution in [0.5, 0.6) is 0 Å². The molecule has 8 nitrogen and oxygen atoms in total. The highest BCUT2D eigenvalue weighted by atomic mass is 35.5. The van der Waals surface area contributed by atoms with Gasteiger partial charge in [0.25, 0.3) is 5.91 Å². The summed E-state index contributed by atoms with van der Waals surface area (Å²) in [5.41, 5.74) is 0.335. The van der Waals surface area contributed by atoms with Crippen molar-refractivity contribution in [3.63, 3.8) is 0 Å². The number of benzene rings is 1. The highest BCUT2D eigenvalue weighted by Gasteiger charge is 2.43. The van der Waals surface area contributed by atoms with E-state index in [9.17, 15) is 27.6 Å². The lowest BCUT2D eigenvalue weighted by Gasteiger charge is -2.34. The predicted molar refractivity (Wildman–Crippen MR) is 157 cm³/mol. The Morgan fingerprint density at radius 2 is 1.70 bits per heavy atom. The number of likely N-dealkylation sites (tertiary alicyclic amines) is 3. The van der Waals surface area contributed by atoms with E-state index >= 15 is 0 Å². The molecule has 4 heterocycles. The van der Waals surface area contributed by atoms with Crippen molar-refractivity contribution in [1.82, 2.24) is 19.7 Å². The van der Waals surface area contributed by atoms with Gasteiger partial charge in [0, 0.05) is 81.8 Å². The largest absolute Gasteiger partial charge is 0.417 e. The summed E-state index contributed by atoms with van der Waals surface area (Å²) in [6, 6.07) is 6.51. The van der Waals surface area contributed by atoms with Gasteiger partial charge in [-0.05, 0) is 68.3 Å². The van der Waals surface area contributed by atoms with Crippen molar-refractivity contribution >= 4 is 35.0 Å². The predicted octanol–water partition coefficient (Wildman–Crippen LogP) is 4.75. The molecule has 0 spiro atoms. The standard InChI is InChI=1S/C31H37ClF3N5O3/c1-20-4-5-25(14-28(20)32)40(29(42)22-7-12-38(13-8-22)21(2)41)11-3-10-37-16-23-18-39(19-24(23)17-37)30(43)26-15-36-9-6-27(26)31(33,34)35/h4-6,9,14-15,22-24H,3,7-8,10-13,16-19H2,1-2H3. The van der Waals surface area contributed by atoms with Gasteiger partial charge in [-0.3, -0.25) is 19.4 Å². The number of alkyl halides is 3. The zero-order chi connectivity index (χ0) is 30.9. The maximum Gasteiger partial charge on any atom is 0.417 e. The van der Waals surface area contributed by atoms with Gasteiger partial charge in [0.2, 0.25) is 11.8 Å². The normalized spacial score (nSPS) is 21.3. The molecule has 3 aliphatic heterocycles. The molecule has 2 atom stereocenters. The van der Waals surface area contributed by atoms with E-state index in [-0.39, 0.29) is 29.6 Å². The SMILES string of the molecule is CC(=O)N1CCC(C(=O)N(CCCN2CC3CN(C(=O)c4cnccc4C(F)(F)F)CC3C2)c2ccc(C)c(Cl)c2)CC1. The Balaban J connectivity index is 1.17. The van der Waals surface area contributed by atoms with Crippen molar-refractivity contribution in [2.75, 3.05) is 57.3 Å². The van der Waals surface area contributed by atoms with Crippen LogP contribution in [-0.2, 0) is 15.8 Å². The second-order valence-electron chi connectivity index (χ2n) is 12.0. The van der Waals surface area contributed by atoms with E-state index < -0.39 is 23.2 Å². The van der Waals surface area contributed by atoms with Crippen molar-refractivity contribution in [2.24, 2.45) is 17.8 Å². The molecule has 3 fully saturated rings. The Hall–Kier alpha value is -3.18. The molecule has 0 radical (unpaired) electrons. The first-order valence-electron chi connectivity index (χ1n) is 14.8. The van der Waals surface area contributed by atoms with Gasteiger partial charge < -0.3 is 19.6 Å². The average molecular weight is 620 g/mol. The van der Waals surface area contributed by atoms with Crippen LogP contribution >= 0.6 is 11.6 Å². The monoisotopic (exact) mass is 619 g/mol. The number of rotatable bonds is 7. The summed E-state index contributed by atoms with van der Waals surface area (Å²) in [6.07, 6.45) is -0.574. The van der Waals surface area contributed by atoms with Gasteiger partial charge >= 0.3 is 6.18 Å². The number of fused-ring (bicyclic) bond motifs is 1. The number of halogens is 4. The molecular formula is C31H37ClF3N5O3. The van der Waals surface area contributed by atoms with Crippen LogP contribution in [-0.4, -0.2) is 89.8 Å². The molecule has 0 saturated carbocycles. The van der Waals surface area contributed by atoms with Gasteiger partial charge in [0.15, 0.2) is 0 Å². The van der Waals surface area contributed by atoms with E-state index in [1.54, 1.807) is 11.8 Å². The number of amides is 3. The summed E-state index contributed by atoms with van der Waals surface area (Å²) >= 11 is 6.42. The highest BCUT2D eigenvalue weighted by molar-refractivity contribution is 6.31. The van der Waals surface area contributed by atoms with E-state index in [0.717, 1.165) is 55.8 Å². The van der Waals surface area contributed by atoms with Crippen LogP contribution in [0.4, 0.5) is 18.9 Å². The lowest BCUT2D eigenvalue weighted by Crippen LogP contribution is -2.44. The quantitative estimate of drug-likeness (QED) is 0.447. The van der Waals surface area contributed by atoms with Crippen molar-refractivity contribution in [3.05, 3.63) is 58.4 Å². The second kappa shape index (κ2) is 12.8. The number of nitrogens with zero attached hydrogens (tertiary/aromatic N) is 5. The molecule has 3 aliphatic rings. The second-order valence-corrected chi connectivity index (χ2v) is 12.4. The molecule has 232 valence electrons. The lowest BCUT2D eigenvalue weighted by molar-refractivity contribution is -0.138. The van der Waals surface area contributed by atoms with Gasteiger partial charge in [-0.15, -0.1) is 0 Å². The zero-order valence-electron chi connectivity index (χ0n) is 24.4. The number of carbonyl (C=O) groups excluding carboxylic acids is 3. The number of carbonyl (C=O) groups is 3. The first-order valence-corrected chi connectivity index (χ1v) is 15.2. The summed E-state index contributed by atoms with van der Waals surface area (Å²) in [5.74, 6) is -0.335. The molecule has 1 aromatic heterocycles. The van der Waals surface area contributed by atoms with Gasteiger partial charge in [-0.25, -0.2) is 0 Å². The van der Waals surface area contributed by atoms with E-state index in [4.69, 9.17) is 11.6 Å². The number of piperidine rings is 1. The molecular weight excluding hydrogens is 583 g/mol. The number of pyridine rings is 1. The van der Waals surface area contributed by atoms with Gasteiger partial charge in [-0.2, -0.15) is 13.2 Å². The lowest BCUT2D eigenvalue weighted by atomic mass is 9.94. The fourth-order valence-electron chi connectivity index (χ4n) is 6.65. The number of hydrogen-bond acceptors (Lipinski definition) is 5. The molecule has 2 aromatic rings. The molecule has 43 heavy (non-hydrogen) atoms. The van der Waals surface area contributed by atoms with Crippen LogP contribution < -0.4 is 4.90 Å². The Bertz CT molecular complexity index is 1350. The average Bonchev–Trinajstić information content (AvgIpc) is 3.55. The third-order valence-corrected chi connectivity index (χ3v) is 9.49. The Morgan fingerprint density at radius 1 is 1.02 bits per heavy atom. The summed E-state index contributed by atoms with van der Waals surface area (Å²) in [6.45, 7) is 8.22. The number of aromatic nitrogens is 1.